The topological polar surface area (TPSA) is 52.6 Å². The van der Waals surface area contributed by atoms with E-state index in [1.807, 2.05) is 6.92 Å². The first-order chi connectivity index (χ1) is 15.6. The number of benzene rings is 1. The van der Waals surface area contributed by atoms with Crippen molar-refractivity contribution < 1.29 is 19.1 Å². The number of ether oxygens (including phenoxy) is 2. The molecule has 0 N–H and O–H groups in total. The molecule has 182 valence electrons. The van der Waals surface area contributed by atoms with Gasteiger partial charge in [0, 0.05) is 0 Å². The maximum Gasteiger partial charge on any atom is 0.339 e. The average Bonchev–Trinajstić information content (AvgIpc) is 2.80. The predicted molar refractivity (Wildman–Crippen MR) is 132 cm³/mol. The van der Waals surface area contributed by atoms with Crippen molar-refractivity contribution in [3.05, 3.63) is 35.4 Å². The molecule has 0 spiro atoms. The number of hydrogen-bond acceptors (Lipinski definition) is 4. The molecule has 0 saturated carbocycles. The fourth-order valence-electron chi connectivity index (χ4n) is 3.83. The molecular formula is C28H46O4. The van der Waals surface area contributed by atoms with Crippen LogP contribution in [0.4, 0.5) is 0 Å². The Hall–Kier alpha value is -1.84. The Morgan fingerprint density at radius 2 is 1.16 bits per heavy atom. The Morgan fingerprint density at radius 1 is 0.688 bits per heavy atom. The highest BCUT2D eigenvalue weighted by atomic mass is 16.5. The molecular weight excluding hydrogens is 400 g/mol. The molecule has 1 aromatic carbocycles. The molecule has 0 fully saturated rings. The van der Waals surface area contributed by atoms with Crippen LogP contribution in [-0.4, -0.2) is 24.6 Å². The van der Waals surface area contributed by atoms with Crippen LogP contribution < -0.4 is 0 Å². The van der Waals surface area contributed by atoms with Gasteiger partial charge < -0.3 is 9.47 Å². The van der Waals surface area contributed by atoms with Gasteiger partial charge in [0.1, 0.15) is 0 Å². The van der Waals surface area contributed by atoms with Crippen molar-refractivity contribution in [1.82, 2.24) is 0 Å². The van der Waals surface area contributed by atoms with E-state index in [2.05, 4.69) is 13.8 Å². The van der Waals surface area contributed by atoms with Gasteiger partial charge in [-0.3, -0.25) is 0 Å². The van der Waals surface area contributed by atoms with Crippen molar-refractivity contribution in [2.45, 2.75) is 123 Å². The van der Waals surface area contributed by atoms with Gasteiger partial charge in [0.05, 0.1) is 23.8 Å². The zero-order chi connectivity index (χ0) is 23.4. The highest BCUT2D eigenvalue weighted by molar-refractivity contribution is 6.03. The number of carbonyl (C=O) groups is 2. The quantitative estimate of drug-likeness (QED) is 0.158. The third-order valence-electron chi connectivity index (χ3n) is 5.87. The fraction of sp³-hybridized carbons (Fsp3) is 0.714. The van der Waals surface area contributed by atoms with Gasteiger partial charge in [-0.2, -0.15) is 0 Å². The lowest BCUT2D eigenvalue weighted by atomic mass is 10.1. The lowest BCUT2D eigenvalue weighted by Gasteiger charge is -2.15. The third-order valence-corrected chi connectivity index (χ3v) is 5.87. The van der Waals surface area contributed by atoms with E-state index in [9.17, 15) is 9.59 Å². The lowest BCUT2D eigenvalue weighted by Crippen LogP contribution is -2.19. The van der Waals surface area contributed by atoms with Crippen molar-refractivity contribution >= 4 is 11.9 Å². The van der Waals surface area contributed by atoms with Crippen LogP contribution in [0.25, 0.3) is 0 Å². The summed E-state index contributed by atoms with van der Waals surface area (Å²) in [4.78, 5) is 25.2. The number of carbonyl (C=O) groups excluding carboxylic acids is 2. The average molecular weight is 447 g/mol. The Balaban J connectivity index is 2.35. The summed E-state index contributed by atoms with van der Waals surface area (Å²) in [5.41, 5.74) is 0.590. The van der Waals surface area contributed by atoms with Crippen LogP contribution in [0.1, 0.15) is 138 Å². The summed E-state index contributed by atoms with van der Waals surface area (Å²) >= 11 is 0. The molecule has 4 heteroatoms. The van der Waals surface area contributed by atoms with E-state index in [0.29, 0.717) is 17.7 Å². The first-order valence-electron chi connectivity index (χ1n) is 13.1. The second-order valence-corrected chi connectivity index (χ2v) is 8.93. The molecule has 0 radical (unpaired) electrons. The second-order valence-electron chi connectivity index (χ2n) is 8.93. The van der Waals surface area contributed by atoms with Crippen LogP contribution >= 0.6 is 0 Å². The third kappa shape index (κ3) is 12.9. The minimum absolute atomic E-state index is 0.157. The molecule has 0 heterocycles. The van der Waals surface area contributed by atoms with E-state index >= 15 is 0 Å². The van der Waals surface area contributed by atoms with Crippen LogP contribution in [0.15, 0.2) is 24.3 Å². The van der Waals surface area contributed by atoms with E-state index in [0.717, 1.165) is 25.7 Å². The van der Waals surface area contributed by atoms with Gasteiger partial charge in [-0.25, -0.2) is 9.59 Å². The van der Waals surface area contributed by atoms with Crippen LogP contribution in [0.5, 0.6) is 0 Å². The summed E-state index contributed by atoms with van der Waals surface area (Å²) in [5, 5.41) is 0. The molecule has 32 heavy (non-hydrogen) atoms. The predicted octanol–water partition coefficient (Wildman–Crippen LogP) is 8.28. The van der Waals surface area contributed by atoms with Crippen molar-refractivity contribution in [2.75, 3.05) is 6.61 Å². The van der Waals surface area contributed by atoms with E-state index in [-0.39, 0.29) is 6.10 Å². The number of esters is 2. The minimum Gasteiger partial charge on any atom is -0.462 e. The molecule has 0 aromatic heterocycles. The van der Waals surface area contributed by atoms with Crippen LogP contribution in [0, 0.1) is 0 Å². The normalized spacial score (nSPS) is 11.8. The number of rotatable bonds is 19. The maximum atomic E-state index is 12.6. The monoisotopic (exact) mass is 446 g/mol. The van der Waals surface area contributed by atoms with Gasteiger partial charge >= 0.3 is 11.9 Å². The summed E-state index contributed by atoms with van der Waals surface area (Å²) in [6, 6.07) is 6.80. The Morgan fingerprint density at radius 3 is 1.72 bits per heavy atom. The van der Waals surface area contributed by atoms with Gasteiger partial charge in [-0.15, -0.1) is 0 Å². The van der Waals surface area contributed by atoms with Crippen molar-refractivity contribution in [3.8, 4) is 0 Å². The van der Waals surface area contributed by atoms with Crippen molar-refractivity contribution in [2.24, 2.45) is 0 Å². The number of unbranched alkanes of at least 4 members (excludes halogenated alkanes) is 12. The minimum atomic E-state index is -0.442. The first kappa shape index (κ1) is 28.2. The Bertz CT molecular complexity index is 626. The molecule has 1 rings (SSSR count). The standard InChI is InChI=1S/C28H46O4/c1-4-6-8-10-12-13-15-19-23-31-27(29)25-21-17-18-22-26(25)28(30)32-24(3)20-16-14-11-9-7-5-2/h17-18,21-22,24H,4-16,19-20,23H2,1-3H3. The van der Waals surface area contributed by atoms with Gasteiger partial charge in [0.25, 0.3) is 0 Å². The van der Waals surface area contributed by atoms with Gasteiger partial charge in [-0.05, 0) is 38.3 Å². The summed E-state index contributed by atoms with van der Waals surface area (Å²) < 4.78 is 11.0. The van der Waals surface area contributed by atoms with Crippen molar-refractivity contribution in [1.29, 1.82) is 0 Å². The van der Waals surface area contributed by atoms with E-state index in [1.54, 1.807) is 24.3 Å². The summed E-state index contributed by atoms with van der Waals surface area (Å²) in [6.07, 6.45) is 17.5. The highest BCUT2D eigenvalue weighted by Gasteiger charge is 2.20. The van der Waals surface area contributed by atoms with E-state index < -0.39 is 11.9 Å². The molecule has 4 nitrogen and oxygen atoms in total. The van der Waals surface area contributed by atoms with E-state index in [4.69, 9.17) is 9.47 Å². The van der Waals surface area contributed by atoms with Gasteiger partial charge in [0.2, 0.25) is 0 Å². The highest BCUT2D eigenvalue weighted by Crippen LogP contribution is 2.16. The molecule has 0 aliphatic carbocycles. The van der Waals surface area contributed by atoms with Gasteiger partial charge in [0.15, 0.2) is 0 Å². The first-order valence-corrected chi connectivity index (χ1v) is 13.1. The van der Waals surface area contributed by atoms with Crippen LogP contribution in [0.3, 0.4) is 0 Å². The molecule has 0 aliphatic rings. The van der Waals surface area contributed by atoms with E-state index in [1.165, 1.54) is 70.6 Å². The lowest BCUT2D eigenvalue weighted by molar-refractivity contribution is 0.0307. The molecule has 0 saturated heterocycles. The Kier molecular flexibility index (Phi) is 16.5. The van der Waals surface area contributed by atoms with Gasteiger partial charge in [-0.1, -0.05) is 103 Å². The summed E-state index contributed by atoms with van der Waals surface area (Å²) in [6.45, 7) is 6.76. The van der Waals surface area contributed by atoms with Crippen LogP contribution in [0.2, 0.25) is 0 Å². The maximum absolute atomic E-state index is 12.6. The van der Waals surface area contributed by atoms with Crippen LogP contribution in [-0.2, 0) is 9.47 Å². The molecule has 1 atom stereocenters. The molecule has 1 unspecified atom stereocenters. The fourth-order valence-corrected chi connectivity index (χ4v) is 3.83. The molecule has 1 aromatic rings. The smallest absolute Gasteiger partial charge is 0.339 e. The summed E-state index contributed by atoms with van der Waals surface area (Å²) in [5.74, 6) is -0.882. The largest absolute Gasteiger partial charge is 0.462 e. The second kappa shape index (κ2) is 18.7. The Labute approximate surface area is 196 Å². The molecule has 0 amide bonds. The SMILES string of the molecule is CCCCCCCCCCOC(=O)c1ccccc1C(=O)OC(C)CCCCCCCC. The molecule has 0 bridgehead atoms. The molecule has 0 aliphatic heterocycles. The summed E-state index contributed by atoms with van der Waals surface area (Å²) in [7, 11) is 0. The number of hydrogen-bond donors (Lipinski definition) is 0. The zero-order valence-corrected chi connectivity index (χ0v) is 20.8. The van der Waals surface area contributed by atoms with Crippen molar-refractivity contribution in [3.63, 3.8) is 0 Å². The zero-order valence-electron chi connectivity index (χ0n) is 20.8.